The number of hydrogen-bond donors (Lipinski definition) is 0. The topological polar surface area (TPSA) is 18.5 Å². The van der Waals surface area contributed by atoms with Crippen molar-refractivity contribution in [3.05, 3.63) is 48.6 Å². The SMILES string of the molecule is C=CC[C@H](C)[C@H](C)[C@@H](OCOC)c1ccccc1. The van der Waals surface area contributed by atoms with E-state index in [1.54, 1.807) is 7.11 Å². The molecule has 18 heavy (non-hydrogen) atoms. The van der Waals surface area contributed by atoms with Crippen LogP contribution in [0.4, 0.5) is 0 Å². The highest BCUT2D eigenvalue weighted by atomic mass is 16.7. The Balaban J connectivity index is 2.80. The Morgan fingerprint density at radius 2 is 1.89 bits per heavy atom. The summed E-state index contributed by atoms with van der Waals surface area (Å²) in [5.41, 5.74) is 1.21. The van der Waals surface area contributed by atoms with Crippen LogP contribution < -0.4 is 0 Å². The molecule has 0 aliphatic rings. The standard InChI is InChI=1S/C16H24O2/c1-5-9-13(2)14(3)16(18-12-17-4)15-10-7-6-8-11-15/h5-8,10-11,13-14,16H,1,9,12H2,2-4H3/t13-,14-,16+/m0/s1. The molecule has 0 amide bonds. The van der Waals surface area contributed by atoms with Gasteiger partial charge in [0.1, 0.15) is 6.79 Å². The zero-order valence-electron chi connectivity index (χ0n) is 11.6. The predicted molar refractivity (Wildman–Crippen MR) is 75.3 cm³/mol. The first kappa shape index (κ1) is 14.9. The Bertz CT molecular complexity index is 334. The number of ether oxygens (including phenoxy) is 2. The Hall–Kier alpha value is -1.12. The highest BCUT2D eigenvalue weighted by Crippen LogP contribution is 2.32. The molecule has 0 spiro atoms. The zero-order valence-corrected chi connectivity index (χ0v) is 11.6. The Kier molecular flexibility index (Phi) is 6.69. The lowest BCUT2D eigenvalue weighted by atomic mass is 9.85. The summed E-state index contributed by atoms with van der Waals surface area (Å²) in [6.07, 6.45) is 3.04. The van der Waals surface area contributed by atoms with Gasteiger partial charge in [0.25, 0.3) is 0 Å². The number of methoxy groups -OCH3 is 1. The van der Waals surface area contributed by atoms with Gasteiger partial charge in [-0.3, -0.25) is 0 Å². The maximum absolute atomic E-state index is 5.85. The molecule has 1 rings (SSSR count). The van der Waals surface area contributed by atoms with Crippen molar-refractivity contribution in [1.29, 1.82) is 0 Å². The average molecular weight is 248 g/mol. The molecule has 1 aromatic rings. The van der Waals surface area contributed by atoms with Gasteiger partial charge >= 0.3 is 0 Å². The van der Waals surface area contributed by atoms with E-state index < -0.39 is 0 Å². The van der Waals surface area contributed by atoms with E-state index >= 15 is 0 Å². The third-order valence-electron chi connectivity index (χ3n) is 3.41. The second-order valence-electron chi connectivity index (χ2n) is 4.77. The maximum atomic E-state index is 5.85. The van der Waals surface area contributed by atoms with Crippen LogP contribution in [0.1, 0.15) is 31.9 Å². The van der Waals surface area contributed by atoms with Crippen LogP contribution in [0.2, 0.25) is 0 Å². The summed E-state index contributed by atoms with van der Waals surface area (Å²) in [5.74, 6) is 0.949. The molecule has 0 heterocycles. The van der Waals surface area contributed by atoms with Crippen molar-refractivity contribution in [3.63, 3.8) is 0 Å². The fourth-order valence-corrected chi connectivity index (χ4v) is 2.11. The quantitative estimate of drug-likeness (QED) is 0.507. The molecule has 0 saturated carbocycles. The normalized spacial score (nSPS) is 15.9. The Morgan fingerprint density at radius 3 is 2.44 bits per heavy atom. The average Bonchev–Trinajstić information content (AvgIpc) is 2.40. The molecule has 0 saturated heterocycles. The van der Waals surface area contributed by atoms with Crippen LogP contribution in [0.15, 0.2) is 43.0 Å². The third kappa shape index (κ3) is 4.28. The van der Waals surface area contributed by atoms with Crippen molar-refractivity contribution in [2.45, 2.75) is 26.4 Å². The summed E-state index contributed by atoms with van der Waals surface area (Å²) in [4.78, 5) is 0. The fraction of sp³-hybridized carbons (Fsp3) is 0.500. The molecule has 100 valence electrons. The van der Waals surface area contributed by atoms with Gasteiger partial charge in [-0.15, -0.1) is 6.58 Å². The number of allylic oxidation sites excluding steroid dienone is 1. The maximum Gasteiger partial charge on any atom is 0.147 e. The number of benzene rings is 1. The molecule has 0 aliphatic carbocycles. The molecule has 0 unspecified atom stereocenters. The summed E-state index contributed by atoms with van der Waals surface area (Å²) in [7, 11) is 1.65. The molecule has 0 aromatic heterocycles. The molecule has 0 aliphatic heterocycles. The van der Waals surface area contributed by atoms with E-state index in [0.717, 1.165) is 6.42 Å². The highest BCUT2D eigenvalue weighted by Gasteiger charge is 2.24. The van der Waals surface area contributed by atoms with Gasteiger partial charge in [-0.2, -0.15) is 0 Å². The summed E-state index contributed by atoms with van der Waals surface area (Å²) in [6.45, 7) is 8.59. The molecule has 0 fully saturated rings. The highest BCUT2D eigenvalue weighted by molar-refractivity contribution is 5.18. The van der Waals surface area contributed by atoms with Crippen molar-refractivity contribution in [2.24, 2.45) is 11.8 Å². The molecule has 0 bridgehead atoms. The molecular weight excluding hydrogens is 224 g/mol. The summed E-state index contributed by atoms with van der Waals surface area (Å²) < 4.78 is 10.9. The number of hydrogen-bond acceptors (Lipinski definition) is 2. The second kappa shape index (κ2) is 8.06. The van der Waals surface area contributed by atoms with Gasteiger partial charge in [-0.05, 0) is 23.8 Å². The summed E-state index contributed by atoms with van der Waals surface area (Å²) in [5, 5.41) is 0. The van der Waals surface area contributed by atoms with Crippen LogP contribution >= 0.6 is 0 Å². The molecule has 2 heteroatoms. The van der Waals surface area contributed by atoms with Crippen LogP contribution in [-0.2, 0) is 9.47 Å². The van der Waals surface area contributed by atoms with Crippen LogP contribution in [0.25, 0.3) is 0 Å². The lowest BCUT2D eigenvalue weighted by molar-refractivity contribution is -0.0979. The fourth-order valence-electron chi connectivity index (χ4n) is 2.11. The van der Waals surface area contributed by atoms with Gasteiger partial charge in [0, 0.05) is 7.11 Å². The van der Waals surface area contributed by atoms with Crippen molar-refractivity contribution >= 4 is 0 Å². The largest absolute Gasteiger partial charge is 0.359 e. The lowest BCUT2D eigenvalue weighted by Gasteiger charge is -2.28. The van der Waals surface area contributed by atoms with Gasteiger partial charge in [-0.25, -0.2) is 0 Å². The monoisotopic (exact) mass is 248 g/mol. The van der Waals surface area contributed by atoms with Gasteiger partial charge in [0.15, 0.2) is 0 Å². The van der Waals surface area contributed by atoms with E-state index in [9.17, 15) is 0 Å². The summed E-state index contributed by atoms with van der Waals surface area (Å²) >= 11 is 0. The molecule has 0 radical (unpaired) electrons. The van der Waals surface area contributed by atoms with Crippen molar-refractivity contribution in [3.8, 4) is 0 Å². The lowest BCUT2D eigenvalue weighted by Crippen LogP contribution is -2.20. The van der Waals surface area contributed by atoms with E-state index in [1.165, 1.54) is 5.56 Å². The van der Waals surface area contributed by atoms with E-state index in [4.69, 9.17) is 9.47 Å². The molecular formula is C16H24O2. The van der Waals surface area contributed by atoms with E-state index in [1.807, 2.05) is 24.3 Å². The van der Waals surface area contributed by atoms with Crippen molar-refractivity contribution < 1.29 is 9.47 Å². The van der Waals surface area contributed by atoms with Crippen molar-refractivity contribution in [1.82, 2.24) is 0 Å². The van der Waals surface area contributed by atoms with Crippen LogP contribution in [-0.4, -0.2) is 13.9 Å². The molecule has 0 N–H and O–H groups in total. The predicted octanol–water partition coefficient (Wildman–Crippen LogP) is 4.20. The number of rotatable bonds is 8. The van der Waals surface area contributed by atoms with E-state index in [0.29, 0.717) is 18.6 Å². The first-order chi connectivity index (χ1) is 8.70. The van der Waals surface area contributed by atoms with Crippen LogP contribution in [0.5, 0.6) is 0 Å². The van der Waals surface area contributed by atoms with Gasteiger partial charge in [-0.1, -0.05) is 50.3 Å². The minimum atomic E-state index is 0.0705. The first-order valence-electron chi connectivity index (χ1n) is 6.47. The molecule has 3 atom stereocenters. The summed E-state index contributed by atoms with van der Waals surface area (Å²) in [6, 6.07) is 10.3. The first-order valence-corrected chi connectivity index (χ1v) is 6.47. The van der Waals surface area contributed by atoms with E-state index in [2.05, 4.69) is 32.6 Å². The molecule has 2 nitrogen and oxygen atoms in total. The second-order valence-corrected chi connectivity index (χ2v) is 4.77. The van der Waals surface area contributed by atoms with Crippen LogP contribution in [0, 0.1) is 11.8 Å². The zero-order chi connectivity index (χ0) is 13.4. The Labute approximate surface area is 111 Å². The minimum absolute atomic E-state index is 0.0705. The Morgan fingerprint density at radius 1 is 1.22 bits per heavy atom. The van der Waals surface area contributed by atoms with Gasteiger partial charge in [0.2, 0.25) is 0 Å². The molecule has 1 aromatic carbocycles. The minimum Gasteiger partial charge on any atom is -0.359 e. The van der Waals surface area contributed by atoms with Gasteiger partial charge < -0.3 is 9.47 Å². The van der Waals surface area contributed by atoms with Crippen LogP contribution in [0.3, 0.4) is 0 Å². The van der Waals surface area contributed by atoms with Gasteiger partial charge in [0.05, 0.1) is 6.10 Å². The third-order valence-corrected chi connectivity index (χ3v) is 3.41. The smallest absolute Gasteiger partial charge is 0.147 e. The van der Waals surface area contributed by atoms with E-state index in [-0.39, 0.29) is 6.10 Å². The van der Waals surface area contributed by atoms with Crippen molar-refractivity contribution in [2.75, 3.05) is 13.9 Å².